The molecule has 0 saturated heterocycles. The maximum atomic E-state index is 5.94. The predicted molar refractivity (Wildman–Crippen MR) is 69.8 cm³/mol. The van der Waals surface area contributed by atoms with Crippen molar-refractivity contribution in [2.24, 2.45) is 7.05 Å². The van der Waals surface area contributed by atoms with E-state index >= 15 is 0 Å². The molecule has 1 heterocycles. The number of halogens is 1. The number of nitrogens with zero attached hydrogens (tertiary/aromatic N) is 2. The Hall–Kier alpha value is -1.49. The van der Waals surface area contributed by atoms with Crippen LogP contribution in [0.3, 0.4) is 0 Å². The topological polar surface area (TPSA) is 55.9 Å². The summed E-state index contributed by atoms with van der Waals surface area (Å²) in [6, 6.07) is 7.88. The summed E-state index contributed by atoms with van der Waals surface area (Å²) in [5.41, 5.74) is 8.42. The van der Waals surface area contributed by atoms with Crippen molar-refractivity contribution in [3.05, 3.63) is 34.4 Å². The van der Waals surface area contributed by atoms with Crippen molar-refractivity contribution in [2.75, 3.05) is 11.1 Å². The van der Waals surface area contributed by atoms with Gasteiger partial charge in [-0.25, -0.2) is 0 Å². The minimum Gasteiger partial charge on any atom is -0.394 e. The SMILES string of the molecule is Cc1nn(C)c(Nc2ccccc2Br)c1N. The lowest BCUT2D eigenvalue weighted by atomic mass is 10.3. The van der Waals surface area contributed by atoms with Crippen molar-refractivity contribution in [2.45, 2.75) is 6.92 Å². The maximum absolute atomic E-state index is 5.94. The highest BCUT2D eigenvalue weighted by Crippen LogP contribution is 2.29. The Kier molecular flexibility index (Phi) is 2.87. The van der Waals surface area contributed by atoms with Gasteiger partial charge >= 0.3 is 0 Å². The summed E-state index contributed by atoms with van der Waals surface area (Å²) in [6.45, 7) is 1.89. The Morgan fingerprint density at radius 2 is 2.06 bits per heavy atom. The van der Waals surface area contributed by atoms with Gasteiger partial charge < -0.3 is 11.1 Å². The van der Waals surface area contributed by atoms with E-state index in [1.165, 1.54) is 0 Å². The Bertz CT molecular complexity index is 519. The van der Waals surface area contributed by atoms with E-state index in [-0.39, 0.29) is 0 Å². The Balaban J connectivity index is 2.38. The minimum atomic E-state index is 0.679. The molecule has 0 bridgehead atoms. The number of hydrogen-bond donors (Lipinski definition) is 2. The van der Waals surface area contributed by atoms with Crippen LogP contribution in [0, 0.1) is 6.92 Å². The minimum absolute atomic E-state index is 0.679. The third kappa shape index (κ3) is 1.90. The first-order valence-electron chi connectivity index (χ1n) is 4.90. The molecule has 0 spiro atoms. The molecule has 16 heavy (non-hydrogen) atoms. The van der Waals surface area contributed by atoms with Gasteiger partial charge in [0.15, 0.2) is 5.82 Å². The van der Waals surface area contributed by atoms with Crippen molar-refractivity contribution >= 4 is 33.1 Å². The van der Waals surface area contributed by atoms with E-state index in [1.54, 1.807) is 4.68 Å². The van der Waals surface area contributed by atoms with Crippen LogP contribution in [0.2, 0.25) is 0 Å². The van der Waals surface area contributed by atoms with Gasteiger partial charge in [-0.15, -0.1) is 0 Å². The summed E-state index contributed by atoms with van der Waals surface area (Å²) in [4.78, 5) is 0. The number of para-hydroxylation sites is 1. The van der Waals surface area contributed by atoms with Gasteiger partial charge in [0, 0.05) is 11.5 Å². The first-order valence-corrected chi connectivity index (χ1v) is 5.69. The van der Waals surface area contributed by atoms with E-state index in [9.17, 15) is 0 Å². The smallest absolute Gasteiger partial charge is 0.152 e. The standard InChI is InChI=1S/C11H13BrN4/c1-7-10(13)11(16(2)15-7)14-9-6-4-3-5-8(9)12/h3-6,14H,13H2,1-2H3. The van der Waals surface area contributed by atoms with Gasteiger partial charge in [0.25, 0.3) is 0 Å². The zero-order valence-electron chi connectivity index (χ0n) is 9.16. The number of benzene rings is 1. The third-order valence-electron chi connectivity index (χ3n) is 2.40. The van der Waals surface area contributed by atoms with Gasteiger partial charge in [-0.05, 0) is 35.0 Å². The van der Waals surface area contributed by atoms with Crippen molar-refractivity contribution in [3.63, 3.8) is 0 Å². The quantitative estimate of drug-likeness (QED) is 0.890. The van der Waals surface area contributed by atoms with Crippen LogP contribution in [0.1, 0.15) is 5.69 Å². The zero-order valence-corrected chi connectivity index (χ0v) is 10.7. The van der Waals surface area contributed by atoms with Gasteiger partial charge in [0.05, 0.1) is 17.1 Å². The van der Waals surface area contributed by atoms with Crippen LogP contribution >= 0.6 is 15.9 Å². The normalized spacial score (nSPS) is 10.4. The van der Waals surface area contributed by atoms with Crippen LogP contribution in [0.5, 0.6) is 0 Å². The lowest BCUT2D eigenvalue weighted by molar-refractivity contribution is 0.765. The Labute approximate surface area is 103 Å². The number of anilines is 3. The molecule has 1 aromatic carbocycles. The second-order valence-corrected chi connectivity index (χ2v) is 4.43. The second-order valence-electron chi connectivity index (χ2n) is 3.58. The average Bonchev–Trinajstić information content (AvgIpc) is 2.48. The first kappa shape index (κ1) is 11.0. The number of aryl methyl sites for hydroxylation is 2. The fraction of sp³-hybridized carbons (Fsp3) is 0.182. The van der Waals surface area contributed by atoms with Gasteiger partial charge in [-0.2, -0.15) is 5.10 Å². The molecule has 2 rings (SSSR count). The largest absolute Gasteiger partial charge is 0.394 e. The van der Waals surface area contributed by atoms with Crippen molar-refractivity contribution in [1.29, 1.82) is 0 Å². The van der Waals surface area contributed by atoms with E-state index < -0.39 is 0 Å². The molecule has 0 aliphatic carbocycles. The van der Waals surface area contributed by atoms with E-state index in [4.69, 9.17) is 5.73 Å². The maximum Gasteiger partial charge on any atom is 0.152 e. The van der Waals surface area contributed by atoms with Gasteiger partial charge in [-0.1, -0.05) is 12.1 Å². The summed E-state index contributed by atoms with van der Waals surface area (Å²) in [5.74, 6) is 0.810. The molecule has 84 valence electrons. The average molecular weight is 281 g/mol. The van der Waals surface area contributed by atoms with Crippen molar-refractivity contribution in [3.8, 4) is 0 Å². The van der Waals surface area contributed by atoms with Crippen LogP contribution in [0.25, 0.3) is 0 Å². The third-order valence-corrected chi connectivity index (χ3v) is 3.09. The van der Waals surface area contributed by atoms with E-state index in [0.29, 0.717) is 5.69 Å². The molecule has 4 nitrogen and oxygen atoms in total. The lowest BCUT2D eigenvalue weighted by Crippen LogP contribution is -2.01. The van der Waals surface area contributed by atoms with Crippen LogP contribution in [0.15, 0.2) is 28.7 Å². The lowest BCUT2D eigenvalue weighted by Gasteiger charge is -2.09. The van der Waals surface area contributed by atoms with E-state index in [0.717, 1.165) is 21.7 Å². The van der Waals surface area contributed by atoms with E-state index in [1.807, 2.05) is 38.2 Å². The summed E-state index contributed by atoms with van der Waals surface area (Å²) in [5, 5.41) is 7.51. The Morgan fingerprint density at radius 3 is 2.62 bits per heavy atom. The molecule has 0 unspecified atom stereocenters. The molecule has 0 aliphatic heterocycles. The molecular weight excluding hydrogens is 268 g/mol. The zero-order chi connectivity index (χ0) is 11.7. The Morgan fingerprint density at radius 1 is 1.38 bits per heavy atom. The fourth-order valence-electron chi connectivity index (χ4n) is 1.51. The summed E-state index contributed by atoms with van der Waals surface area (Å²) >= 11 is 3.48. The predicted octanol–water partition coefficient (Wildman–Crippen LogP) is 2.82. The van der Waals surface area contributed by atoms with Crippen LogP contribution in [-0.2, 0) is 7.05 Å². The van der Waals surface area contributed by atoms with Crippen LogP contribution in [0.4, 0.5) is 17.2 Å². The first-order chi connectivity index (χ1) is 7.59. The summed E-state index contributed by atoms with van der Waals surface area (Å²) in [7, 11) is 1.86. The highest BCUT2D eigenvalue weighted by Gasteiger charge is 2.10. The number of hydrogen-bond acceptors (Lipinski definition) is 3. The number of aromatic nitrogens is 2. The molecule has 5 heteroatoms. The number of nitrogens with two attached hydrogens (primary N) is 1. The summed E-state index contributed by atoms with van der Waals surface area (Å²) in [6.07, 6.45) is 0. The monoisotopic (exact) mass is 280 g/mol. The molecule has 3 N–H and O–H groups in total. The highest BCUT2D eigenvalue weighted by atomic mass is 79.9. The van der Waals surface area contributed by atoms with Gasteiger partial charge in [-0.3, -0.25) is 4.68 Å². The second kappa shape index (κ2) is 4.17. The molecule has 0 saturated carbocycles. The van der Waals surface area contributed by atoms with Crippen molar-refractivity contribution in [1.82, 2.24) is 9.78 Å². The number of nitrogen functional groups attached to an aromatic ring is 1. The van der Waals surface area contributed by atoms with Crippen molar-refractivity contribution < 1.29 is 0 Å². The number of nitrogens with one attached hydrogen (secondary N) is 1. The molecule has 2 aromatic rings. The molecule has 0 radical (unpaired) electrons. The highest BCUT2D eigenvalue weighted by molar-refractivity contribution is 9.10. The van der Waals surface area contributed by atoms with Crippen LogP contribution < -0.4 is 11.1 Å². The molecule has 1 aromatic heterocycles. The number of rotatable bonds is 2. The fourth-order valence-corrected chi connectivity index (χ4v) is 1.90. The molecule has 0 amide bonds. The van der Waals surface area contributed by atoms with Gasteiger partial charge in [0.1, 0.15) is 0 Å². The van der Waals surface area contributed by atoms with E-state index in [2.05, 4.69) is 26.3 Å². The molecule has 0 fully saturated rings. The summed E-state index contributed by atoms with van der Waals surface area (Å²) < 4.78 is 2.73. The van der Waals surface area contributed by atoms with Crippen LogP contribution in [-0.4, -0.2) is 9.78 Å². The molecule has 0 aliphatic rings. The molecule has 0 atom stereocenters. The molecular formula is C11H13BrN4. The van der Waals surface area contributed by atoms with Gasteiger partial charge in [0.2, 0.25) is 0 Å².